The minimum atomic E-state index is -0.306. The van der Waals surface area contributed by atoms with Gasteiger partial charge in [-0.1, -0.05) is 11.3 Å². The van der Waals surface area contributed by atoms with Crippen LogP contribution >= 0.6 is 23.7 Å². The van der Waals surface area contributed by atoms with E-state index in [2.05, 4.69) is 15.1 Å². The zero-order chi connectivity index (χ0) is 13.9. The molecule has 3 heterocycles. The second-order valence-electron chi connectivity index (χ2n) is 5.51. The molecule has 2 saturated heterocycles. The number of thiophene rings is 1. The first-order valence-corrected chi connectivity index (χ1v) is 7.99. The molecular formula is C13H21ClN4O2S. The predicted octanol–water partition coefficient (Wildman–Crippen LogP) is 1.56. The Balaban J connectivity index is 0.00000161. The normalized spacial score (nSPS) is 23.9. The number of piperazine rings is 1. The Morgan fingerprint density at radius 2 is 2.14 bits per heavy atom. The number of hydrogen-bond donors (Lipinski definition) is 1. The molecule has 1 N–H and O–H groups in total. The lowest BCUT2D eigenvalue weighted by molar-refractivity contribution is -0.380. The summed E-state index contributed by atoms with van der Waals surface area (Å²) < 4.78 is 0. The lowest BCUT2D eigenvalue weighted by Crippen LogP contribution is -2.50. The van der Waals surface area contributed by atoms with Crippen LogP contribution in [0.15, 0.2) is 11.4 Å². The van der Waals surface area contributed by atoms with Crippen LogP contribution in [-0.4, -0.2) is 60.0 Å². The zero-order valence-corrected chi connectivity index (χ0v) is 13.5. The van der Waals surface area contributed by atoms with Crippen LogP contribution in [0.3, 0.4) is 0 Å². The number of rotatable bonds is 4. The Kier molecular flexibility index (Phi) is 5.95. The summed E-state index contributed by atoms with van der Waals surface area (Å²) in [6.07, 6.45) is 1.26. The fourth-order valence-corrected chi connectivity index (χ4v) is 3.76. The van der Waals surface area contributed by atoms with Crippen molar-refractivity contribution in [3.63, 3.8) is 0 Å². The maximum absolute atomic E-state index is 10.7. The van der Waals surface area contributed by atoms with Crippen LogP contribution in [0.5, 0.6) is 0 Å². The van der Waals surface area contributed by atoms with Crippen molar-refractivity contribution in [3.8, 4) is 0 Å². The Labute approximate surface area is 134 Å². The number of halogens is 1. The summed E-state index contributed by atoms with van der Waals surface area (Å²) in [7, 11) is 0. The van der Waals surface area contributed by atoms with Gasteiger partial charge in [0.05, 0.1) is 4.92 Å². The summed E-state index contributed by atoms with van der Waals surface area (Å²) in [5.74, 6) is 0. The predicted molar refractivity (Wildman–Crippen MR) is 86.3 cm³/mol. The molecular weight excluding hydrogens is 312 g/mol. The van der Waals surface area contributed by atoms with E-state index in [9.17, 15) is 10.1 Å². The molecule has 0 saturated carbocycles. The van der Waals surface area contributed by atoms with Crippen molar-refractivity contribution in [2.24, 2.45) is 0 Å². The Morgan fingerprint density at radius 1 is 1.38 bits per heavy atom. The highest BCUT2D eigenvalue weighted by Gasteiger charge is 2.26. The van der Waals surface area contributed by atoms with E-state index < -0.39 is 0 Å². The minimum Gasteiger partial charge on any atom is -0.315 e. The molecule has 0 aliphatic carbocycles. The summed E-state index contributed by atoms with van der Waals surface area (Å²) in [5.41, 5.74) is 1.07. The van der Waals surface area contributed by atoms with E-state index in [-0.39, 0.29) is 22.3 Å². The highest BCUT2D eigenvalue weighted by molar-refractivity contribution is 7.13. The van der Waals surface area contributed by atoms with Gasteiger partial charge >= 0.3 is 5.00 Å². The Bertz CT molecular complexity index is 470. The van der Waals surface area contributed by atoms with Gasteiger partial charge in [-0.2, -0.15) is 0 Å². The van der Waals surface area contributed by atoms with Crippen LogP contribution in [-0.2, 0) is 6.54 Å². The van der Waals surface area contributed by atoms with E-state index in [0.717, 1.165) is 51.4 Å². The molecule has 1 aromatic heterocycles. The lowest BCUT2D eigenvalue weighted by Gasteiger charge is -2.37. The molecule has 8 heteroatoms. The largest absolute Gasteiger partial charge is 0.324 e. The molecule has 118 valence electrons. The summed E-state index contributed by atoms with van der Waals surface area (Å²) in [4.78, 5) is 15.3. The third-order valence-electron chi connectivity index (χ3n) is 4.18. The molecule has 0 spiro atoms. The Morgan fingerprint density at radius 3 is 2.71 bits per heavy atom. The van der Waals surface area contributed by atoms with Gasteiger partial charge in [0.25, 0.3) is 0 Å². The molecule has 0 bridgehead atoms. The molecule has 1 atom stereocenters. The van der Waals surface area contributed by atoms with Gasteiger partial charge in [0.1, 0.15) is 0 Å². The summed E-state index contributed by atoms with van der Waals surface area (Å²) in [6, 6.07) is 2.41. The third kappa shape index (κ3) is 4.14. The molecule has 3 rings (SSSR count). The SMILES string of the molecule is Cl.O=[N+]([O-])c1cc(CN2CCN(C3CCNC3)CC2)cs1. The summed E-state index contributed by atoms with van der Waals surface area (Å²) in [5, 5.41) is 16.3. The molecule has 0 amide bonds. The van der Waals surface area contributed by atoms with E-state index in [1.807, 2.05) is 5.38 Å². The van der Waals surface area contributed by atoms with E-state index in [1.165, 1.54) is 17.8 Å². The van der Waals surface area contributed by atoms with Crippen LogP contribution < -0.4 is 5.32 Å². The minimum absolute atomic E-state index is 0. The van der Waals surface area contributed by atoms with Crippen LogP contribution in [0.2, 0.25) is 0 Å². The molecule has 2 fully saturated rings. The van der Waals surface area contributed by atoms with Gasteiger partial charge in [0.2, 0.25) is 0 Å². The van der Waals surface area contributed by atoms with E-state index in [0.29, 0.717) is 6.04 Å². The zero-order valence-electron chi connectivity index (χ0n) is 11.9. The first-order chi connectivity index (χ1) is 9.72. The van der Waals surface area contributed by atoms with Gasteiger partial charge in [-0.15, -0.1) is 12.4 Å². The van der Waals surface area contributed by atoms with Crippen molar-refractivity contribution in [2.75, 3.05) is 39.3 Å². The quantitative estimate of drug-likeness (QED) is 0.669. The van der Waals surface area contributed by atoms with Crippen LogP contribution in [0, 0.1) is 10.1 Å². The second-order valence-corrected chi connectivity index (χ2v) is 6.40. The maximum Gasteiger partial charge on any atom is 0.324 e. The van der Waals surface area contributed by atoms with Crippen molar-refractivity contribution in [3.05, 3.63) is 27.1 Å². The summed E-state index contributed by atoms with van der Waals surface area (Å²) >= 11 is 1.22. The fourth-order valence-electron chi connectivity index (χ4n) is 3.04. The van der Waals surface area contributed by atoms with Crippen molar-refractivity contribution in [2.45, 2.75) is 19.0 Å². The molecule has 1 unspecified atom stereocenters. The van der Waals surface area contributed by atoms with E-state index in [4.69, 9.17) is 0 Å². The van der Waals surface area contributed by atoms with Gasteiger partial charge in [0.15, 0.2) is 0 Å². The summed E-state index contributed by atoms with van der Waals surface area (Å²) in [6.45, 7) is 7.43. The molecule has 6 nitrogen and oxygen atoms in total. The second kappa shape index (κ2) is 7.51. The third-order valence-corrected chi connectivity index (χ3v) is 5.11. The Hall–Kier alpha value is -0.730. The molecule has 2 aliphatic rings. The van der Waals surface area contributed by atoms with E-state index in [1.54, 1.807) is 6.07 Å². The number of nitro groups is 1. The fraction of sp³-hybridized carbons (Fsp3) is 0.692. The molecule has 21 heavy (non-hydrogen) atoms. The van der Waals surface area contributed by atoms with Crippen LogP contribution in [0.1, 0.15) is 12.0 Å². The topological polar surface area (TPSA) is 61.7 Å². The highest BCUT2D eigenvalue weighted by Crippen LogP contribution is 2.24. The van der Waals surface area contributed by atoms with Crippen molar-refractivity contribution in [1.82, 2.24) is 15.1 Å². The molecule has 0 aromatic carbocycles. The molecule has 0 radical (unpaired) electrons. The number of hydrogen-bond acceptors (Lipinski definition) is 6. The van der Waals surface area contributed by atoms with E-state index >= 15 is 0 Å². The first-order valence-electron chi connectivity index (χ1n) is 7.11. The monoisotopic (exact) mass is 332 g/mol. The first kappa shape index (κ1) is 16.6. The van der Waals surface area contributed by atoms with Crippen LogP contribution in [0.25, 0.3) is 0 Å². The molecule has 2 aliphatic heterocycles. The van der Waals surface area contributed by atoms with Gasteiger partial charge in [-0.3, -0.25) is 19.9 Å². The maximum atomic E-state index is 10.7. The highest BCUT2D eigenvalue weighted by atomic mass is 35.5. The van der Waals surface area contributed by atoms with Crippen molar-refractivity contribution >= 4 is 28.7 Å². The van der Waals surface area contributed by atoms with Gasteiger partial charge < -0.3 is 5.32 Å². The average Bonchev–Trinajstić information content (AvgIpc) is 3.10. The molecule has 1 aromatic rings. The number of nitrogens with zero attached hydrogens (tertiary/aromatic N) is 3. The lowest BCUT2D eigenvalue weighted by atomic mass is 10.2. The van der Waals surface area contributed by atoms with Crippen molar-refractivity contribution < 1.29 is 4.92 Å². The van der Waals surface area contributed by atoms with Gasteiger partial charge in [-0.05, 0) is 18.5 Å². The van der Waals surface area contributed by atoms with Crippen LogP contribution in [0.4, 0.5) is 5.00 Å². The van der Waals surface area contributed by atoms with Crippen molar-refractivity contribution in [1.29, 1.82) is 0 Å². The average molecular weight is 333 g/mol. The number of nitrogens with one attached hydrogen (secondary N) is 1. The van der Waals surface area contributed by atoms with Gasteiger partial charge in [0, 0.05) is 56.8 Å². The standard InChI is InChI=1S/C13H20N4O2S.ClH/c18-17(19)13-7-11(10-20-13)9-15-3-5-16(6-4-15)12-1-2-14-8-12;/h7,10,12,14H,1-6,8-9H2;1H. The smallest absolute Gasteiger partial charge is 0.315 e. The van der Waals surface area contributed by atoms with Gasteiger partial charge in [-0.25, -0.2) is 0 Å².